The summed E-state index contributed by atoms with van der Waals surface area (Å²) in [4.78, 5) is 0. The van der Waals surface area contributed by atoms with E-state index in [1.807, 2.05) is 42.6 Å². The molecular weight excluding hydrogens is 319 g/mol. The van der Waals surface area contributed by atoms with E-state index < -0.39 is 0 Å². The van der Waals surface area contributed by atoms with Gasteiger partial charge in [0.25, 0.3) is 0 Å². The number of aromatic nitrogens is 1. The van der Waals surface area contributed by atoms with Crippen LogP contribution in [0.25, 0.3) is 10.9 Å². The maximum Gasteiger partial charge on any atom is 0.123 e. The molecule has 3 aromatic rings. The highest BCUT2D eigenvalue weighted by Gasteiger charge is 2.02. The van der Waals surface area contributed by atoms with Crippen LogP contribution in [0.2, 0.25) is 0 Å². The Kier molecular flexibility index (Phi) is 3.74. The lowest BCUT2D eigenvalue weighted by molar-refractivity contribution is 0.629. The van der Waals surface area contributed by atoms with Crippen molar-refractivity contribution in [2.75, 3.05) is 11.9 Å². The van der Waals surface area contributed by atoms with Gasteiger partial charge in [0.15, 0.2) is 0 Å². The third kappa shape index (κ3) is 2.70. The SMILES string of the molecule is Fc1ccc2c(ccn2CCNc2ccccc2Br)c1. The van der Waals surface area contributed by atoms with Gasteiger partial charge in [0.2, 0.25) is 0 Å². The van der Waals surface area contributed by atoms with Gasteiger partial charge in [-0.1, -0.05) is 12.1 Å². The third-order valence-electron chi connectivity index (χ3n) is 3.28. The van der Waals surface area contributed by atoms with Crippen molar-refractivity contribution in [3.8, 4) is 0 Å². The zero-order chi connectivity index (χ0) is 13.9. The first-order chi connectivity index (χ1) is 9.74. The van der Waals surface area contributed by atoms with Crippen LogP contribution in [0.5, 0.6) is 0 Å². The minimum absolute atomic E-state index is 0.193. The predicted octanol–water partition coefficient (Wildman–Crippen LogP) is 4.66. The lowest BCUT2D eigenvalue weighted by atomic mass is 10.2. The van der Waals surface area contributed by atoms with Crippen molar-refractivity contribution in [3.05, 3.63) is 65.0 Å². The van der Waals surface area contributed by atoms with Gasteiger partial charge in [-0.05, 0) is 52.3 Å². The van der Waals surface area contributed by atoms with Crippen molar-refractivity contribution < 1.29 is 4.39 Å². The second-order valence-corrected chi connectivity index (χ2v) is 5.47. The quantitative estimate of drug-likeness (QED) is 0.735. The van der Waals surface area contributed by atoms with Crippen molar-refractivity contribution >= 4 is 32.5 Å². The van der Waals surface area contributed by atoms with Crippen molar-refractivity contribution in [2.45, 2.75) is 6.54 Å². The molecule has 102 valence electrons. The lowest BCUT2D eigenvalue weighted by Crippen LogP contribution is -2.09. The van der Waals surface area contributed by atoms with Crippen LogP contribution in [0.1, 0.15) is 0 Å². The van der Waals surface area contributed by atoms with E-state index in [0.717, 1.165) is 34.2 Å². The van der Waals surface area contributed by atoms with Crippen LogP contribution in [0.4, 0.5) is 10.1 Å². The fraction of sp³-hybridized carbons (Fsp3) is 0.125. The molecule has 0 atom stereocenters. The second kappa shape index (κ2) is 5.67. The first kappa shape index (κ1) is 13.2. The number of halogens is 2. The van der Waals surface area contributed by atoms with Gasteiger partial charge >= 0.3 is 0 Å². The average molecular weight is 333 g/mol. The fourth-order valence-corrected chi connectivity index (χ4v) is 2.71. The van der Waals surface area contributed by atoms with E-state index in [2.05, 4.69) is 25.8 Å². The van der Waals surface area contributed by atoms with Crippen molar-refractivity contribution in [1.82, 2.24) is 4.57 Å². The number of nitrogens with zero attached hydrogens (tertiary/aromatic N) is 1. The number of hydrogen-bond donors (Lipinski definition) is 1. The maximum absolute atomic E-state index is 13.1. The average Bonchev–Trinajstić information content (AvgIpc) is 2.83. The molecule has 0 bridgehead atoms. The Balaban J connectivity index is 1.70. The van der Waals surface area contributed by atoms with Crippen LogP contribution in [-0.2, 0) is 6.54 Å². The molecule has 2 nitrogen and oxygen atoms in total. The summed E-state index contributed by atoms with van der Waals surface area (Å²) in [6.07, 6.45) is 1.99. The highest BCUT2D eigenvalue weighted by atomic mass is 79.9. The molecule has 1 heterocycles. The molecule has 4 heteroatoms. The van der Waals surface area contributed by atoms with E-state index in [9.17, 15) is 4.39 Å². The van der Waals surface area contributed by atoms with Crippen molar-refractivity contribution in [3.63, 3.8) is 0 Å². The highest BCUT2D eigenvalue weighted by Crippen LogP contribution is 2.21. The molecule has 1 aromatic heterocycles. The van der Waals surface area contributed by atoms with Crippen LogP contribution in [0.3, 0.4) is 0 Å². The molecule has 0 spiro atoms. The van der Waals surface area contributed by atoms with Gasteiger partial charge in [-0.2, -0.15) is 0 Å². The number of benzene rings is 2. The van der Waals surface area contributed by atoms with E-state index >= 15 is 0 Å². The molecular formula is C16H14BrFN2. The Morgan fingerprint density at radius 2 is 1.95 bits per heavy atom. The number of rotatable bonds is 4. The molecule has 0 aliphatic heterocycles. The molecule has 0 amide bonds. The molecule has 0 aliphatic carbocycles. The third-order valence-corrected chi connectivity index (χ3v) is 3.97. The Bertz CT molecular complexity index is 736. The van der Waals surface area contributed by atoms with E-state index in [0.29, 0.717) is 0 Å². The first-order valence-electron chi connectivity index (χ1n) is 6.47. The summed E-state index contributed by atoms with van der Waals surface area (Å²) in [5.41, 5.74) is 2.13. The number of para-hydroxylation sites is 1. The summed E-state index contributed by atoms with van der Waals surface area (Å²) >= 11 is 3.51. The van der Waals surface area contributed by atoms with Crippen molar-refractivity contribution in [1.29, 1.82) is 0 Å². The van der Waals surface area contributed by atoms with E-state index in [4.69, 9.17) is 0 Å². The summed E-state index contributed by atoms with van der Waals surface area (Å²) in [5, 5.41) is 4.32. The van der Waals surface area contributed by atoms with Gasteiger partial charge in [0, 0.05) is 40.3 Å². The Morgan fingerprint density at radius 1 is 1.10 bits per heavy atom. The van der Waals surface area contributed by atoms with E-state index in [1.165, 1.54) is 6.07 Å². The zero-order valence-electron chi connectivity index (χ0n) is 10.8. The highest BCUT2D eigenvalue weighted by molar-refractivity contribution is 9.10. The van der Waals surface area contributed by atoms with Gasteiger partial charge in [0.05, 0.1) is 0 Å². The standard InChI is InChI=1S/C16H14BrFN2/c17-14-3-1-2-4-15(14)19-8-10-20-9-7-12-11-13(18)5-6-16(12)20/h1-7,9,11,19H,8,10H2. The summed E-state index contributed by atoms with van der Waals surface area (Å²) in [7, 11) is 0. The minimum atomic E-state index is -0.193. The summed E-state index contributed by atoms with van der Waals surface area (Å²) in [6.45, 7) is 1.64. The number of nitrogens with one attached hydrogen (secondary N) is 1. The molecule has 2 aromatic carbocycles. The molecule has 0 saturated heterocycles. The van der Waals surface area contributed by atoms with E-state index in [1.54, 1.807) is 6.07 Å². The van der Waals surface area contributed by atoms with Gasteiger partial charge < -0.3 is 9.88 Å². The van der Waals surface area contributed by atoms with Crippen LogP contribution in [0.15, 0.2) is 59.2 Å². The van der Waals surface area contributed by atoms with Crippen LogP contribution in [0, 0.1) is 5.82 Å². The molecule has 0 aliphatic rings. The predicted molar refractivity (Wildman–Crippen MR) is 84.5 cm³/mol. The van der Waals surface area contributed by atoms with Gasteiger partial charge in [0.1, 0.15) is 5.82 Å². The molecule has 3 rings (SSSR count). The first-order valence-corrected chi connectivity index (χ1v) is 7.26. The lowest BCUT2D eigenvalue weighted by Gasteiger charge is -2.10. The zero-order valence-corrected chi connectivity index (χ0v) is 12.4. The molecule has 0 unspecified atom stereocenters. The summed E-state index contributed by atoms with van der Waals surface area (Å²) in [5.74, 6) is -0.193. The molecule has 0 saturated carbocycles. The molecule has 0 fully saturated rings. The monoisotopic (exact) mass is 332 g/mol. The smallest absolute Gasteiger partial charge is 0.123 e. The summed E-state index contributed by atoms with van der Waals surface area (Å²) in [6, 6.07) is 14.9. The maximum atomic E-state index is 13.1. The topological polar surface area (TPSA) is 17.0 Å². The second-order valence-electron chi connectivity index (χ2n) is 4.62. The fourth-order valence-electron chi connectivity index (χ4n) is 2.28. The Hall–Kier alpha value is -1.81. The van der Waals surface area contributed by atoms with Gasteiger partial charge in [-0.3, -0.25) is 0 Å². The Morgan fingerprint density at radius 3 is 2.80 bits per heavy atom. The van der Waals surface area contributed by atoms with Crippen LogP contribution < -0.4 is 5.32 Å². The van der Waals surface area contributed by atoms with Gasteiger partial charge in [-0.25, -0.2) is 4.39 Å². The van der Waals surface area contributed by atoms with Gasteiger partial charge in [-0.15, -0.1) is 0 Å². The van der Waals surface area contributed by atoms with E-state index in [-0.39, 0.29) is 5.82 Å². The van der Waals surface area contributed by atoms with Crippen LogP contribution in [-0.4, -0.2) is 11.1 Å². The molecule has 0 radical (unpaired) electrons. The number of fused-ring (bicyclic) bond motifs is 1. The Labute approximate surface area is 125 Å². The molecule has 1 N–H and O–H groups in total. The van der Waals surface area contributed by atoms with Crippen LogP contribution >= 0.6 is 15.9 Å². The minimum Gasteiger partial charge on any atom is -0.382 e. The summed E-state index contributed by atoms with van der Waals surface area (Å²) < 4.78 is 16.3. The largest absolute Gasteiger partial charge is 0.382 e. The normalized spacial score (nSPS) is 10.9. The number of hydrogen-bond acceptors (Lipinski definition) is 1. The van der Waals surface area contributed by atoms with Crippen molar-refractivity contribution in [2.24, 2.45) is 0 Å². The number of anilines is 1. The molecule has 20 heavy (non-hydrogen) atoms.